The highest BCUT2D eigenvalue weighted by Gasteiger charge is 2.45. The summed E-state index contributed by atoms with van der Waals surface area (Å²) in [7, 11) is 1.37. The van der Waals surface area contributed by atoms with Crippen LogP contribution in [0, 0.1) is 10.1 Å². The molecule has 10 nitrogen and oxygen atoms in total. The largest absolute Gasteiger partial charge is 0.497 e. The van der Waals surface area contributed by atoms with E-state index in [9.17, 15) is 32.9 Å². The van der Waals surface area contributed by atoms with Gasteiger partial charge in [-0.15, -0.1) is 0 Å². The van der Waals surface area contributed by atoms with E-state index in [-0.39, 0.29) is 50.0 Å². The molecule has 0 N–H and O–H groups in total. The van der Waals surface area contributed by atoms with Crippen LogP contribution in [-0.2, 0) is 9.53 Å². The van der Waals surface area contributed by atoms with Crippen molar-refractivity contribution in [3.05, 3.63) is 112 Å². The second-order valence-electron chi connectivity index (χ2n) is 8.96. The van der Waals surface area contributed by atoms with Crippen LogP contribution >= 0.6 is 22.9 Å². The van der Waals surface area contributed by atoms with Crippen molar-refractivity contribution in [2.45, 2.75) is 19.1 Å². The first-order valence-electron chi connectivity index (χ1n) is 12.4. The van der Waals surface area contributed by atoms with E-state index in [4.69, 9.17) is 25.5 Å². The van der Waals surface area contributed by atoms with Crippen LogP contribution in [0.5, 0.6) is 5.75 Å². The Bertz CT molecular complexity index is 1960. The number of hydrogen-bond donors (Lipinski definition) is 0. The molecule has 222 valence electrons. The third-order valence-electron chi connectivity index (χ3n) is 6.35. The summed E-state index contributed by atoms with van der Waals surface area (Å²) in [6.07, 6.45) is -3.77. The van der Waals surface area contributed by atoms with Gasteiger partial charge in [-0.05, 0) is 48.9 Å². The van der Waals surface area contributed by atoms with Crippen LogP contribution in [0.1, 0.15) is 24.3 Å². The first-order valence-corrected chi connectivity index (χ1v) is 13.6. The maximum atomic E-state index is 14.3. The molecule has 0 amide bonds. The van der Waals surface area contributed by atoms with Gasteiger partial charge in [-0.3, -0.25) is 19.5 Å². The smallest absolute Gasteiger partial charge is 0.434 e. The molecule has 0 saturated heterocycles. The van der Waals surface area contributed by atoms with Crippen LogP contribution in [0.25, 0.3) is 17.4 Å². The number of nitrogens with zero attached hydrogens (tertiary/aromatic N) is 3. The molecule has 3 heterocycles. The number of hydrogen-bond acceptors (Lipinski definition) is 9. The summed E-state index contributed by atoms with van der Waals surface area (Å²) in [6.45, 7) is 1.23. The lowest BCUT2D eigenvalue weighted by molar-refractivity contribution is -0.384. The molecule has 2 aromatic carbocycles. The lowest BCUT2D eigenvalue weighted by Crippen LogP contribution is -2.41. The van der Waals surface area contributed by atoms with E-state index in [1.54, 1.807) is 0 Å². The minimum absolute atomic E-state index is 0.0607. The van der Waals surface area contributed by atoms with E-state index in [1.165, 1.54) is 74.7 Å². The zero-order valence-corrected chi connectivity index (χ0v) is 23.7. The number of thiazole rings is 1. The average molecular weight is 634 g/mol. The van der Waals surface area contributed by atoms with E-state index in [2.05, 4.69) is 4.99 Å². The number of aromatic nitrogens is 1. The highest BCUT2D eigenvalue weighted by molar-refractivity contribution is 7.07. The molecule has 4 aromatic rings. The van der Waals surface area contributed by atoms with Gasteiger partial charge in [0.15, 0.2) is 10.5 Å². The number of nitro benzene ring substituents is 1. The SMILES string of the molecule is CCOC(=O)C1=C(C(F)(F)F)N=c2s/c(=C\c3ccc(-c4ccc(OC)cc4[N+](=O)[O-])o3)c(=O)n2[C@H]1c1ccc(Cl)cc1. The van der Waals surface area contributed by atoms with Gasteiger partial charge < -0.3 is 13.9 Å². The Morgan fingerprint density at radius 1 is 1.21 bits per heavy atom. The minimum Gasteiger partial charge on any atom is -0.497 e. The molecule has 43 heavy (non-hydrogen) atoms. The van der Waals surface area contributed by atoms with Crippen molar-refractivity contribution in [2.24, 2.45) is 4.99 Å². The summed E-state index contributed by atoms with van der Waals surface area (Å²) in [4.78, 5) is 41.0. The molecule has 0 aliphatic carbocycles. The zero-order chi connectivity index (χ0) is 31.1. The monoisotopic (exact) mass is 633 g/mol. The number of allylic oxidation sites excluding steroid dienone is 1. The quantitative estimate of drug-likeness (QED) is 0.156. The van der Waals surface area contributed by atoms with Crippen LogP contribution in [-0.4, -0.2) is 35.4 Å². The number of nitro groups is 1. The van der Waals surface area contributed by atoms with Gasteiger partial charge in [-0.25, -0.2) is 9.79 Å². The van der Waals surface area contributed by atoms with Gasteiger partial charge in [0.05, 0.1) is 46.4 Å². The lowest BCUT2D eigenvalue weighted by atomic mass is 9.95. The highest BCUT2D eigenvalue weighted by Crippen LogP contribution is 2.39. The lowest BCUT2D eigenvalue weighted by Gasteiger charge is -2.26. The molecule has 1 atom stereocenters. The van der Waals surface area contributed by atoms with Crippen molar-refractivity contribution >= 4 is 40.7 Å². The predicted octanol–water partition coefficient (Wildman–Crippen LogP) is 5.17. The van der Waals surface area contributed by atoms with Crippen LogP contribution in [0.15, 0.2) is 80.1 Å². The third kappa shape index (κ3) is 5.70. The number of methoxy groups -OCH3 is 1. The standard InChI is InChI=1S/C28H19ClF3N3O7S/c1-3-41-26(37)22-23(14-4-6-15(29)7-5-14)34-25(36)21(43-27(34)33-24(22)28(30,31)32)13-17-9-11-20(42-17)18-10-8-16(40-2)12-19(18)35(38)39/h4-13,23H,3H2,1-2H3/b21-13-/t23-/m0/s1. The van der Waals surface area contributed by atoms with Crippen molar-refractivity contribution in [3.8, 4) is 17.1 Å². The van der Waals surface area contributed by atoms with E-state index < -0.39 is 39.9 Å². The Hall–Kier alpha value is -4.69. The maximum absolute atomic E-state index is 14.3. The van der Waals surface area contributed by atoms with Crippen molar-refractivity contribution in [1.29, 1.82) is 0 Å². The molecule has 0 bridgehead atoms. The van der Waals surface area contributed by atoms with Crippen LogP contribution in [0.4, 0.5) is 18.9 Å². The molecule has 0 radical (unpaired) electrons. The molecule has 0 spiro atoms. The summed E-state index contributed by atoms with van der Waals surface area (Å²) >= 11 is 6.64. The molecule has 0 unspecified atom stereocenters. The Labute approximate surface area is 248 Å². The fraction of sp³-hybridized carbons (Fsp3) is 0.179. The number of ether oxygens (including phenoxy) is 2. The Morgan fingerprint density at radius 2 is 1.93 bits per heavy atom. The van der Waals surface area contributed by atoms with E-state index in [0.717, 1.165) is 4.57 Å². The molecule has 15 heteroatoms. The number of carbonyl (C=O) groups excluding carboxylic acids is 1. The van der Waals surface area contributed by atoms with Gasteiger partial charge >= 0.3 is 12.1 Å². The van der Waals surface area contributed by atoms with Crippen molar-refractivity contribution in [3.63, 3.8) is 0 Å². The van der Waals surface area contributed by atoms with Crippen molar-refractivity contribution < 1.29 is 36.8 Å². The molecule has 2 aromatic heterocycles. The maximum Gasteiger partial charge on any atom is 0.434 e. The number of benzene rings is 2. The third-order valence-corrected chi connectivity index (χ3v) is 7.58. The van der Waals surface area contributed by atoms with Crippen molar-refractivity contribution in [2.75, 3.05) is 13.7 Å². The molecule has 0 saturated carbocycles. The number of carbonyl (C=O) groups is 1. The average Bonchev–Trinajstić information content (AvgIpc) is 3.56. The number of rotatable bonds is 7. The van der Waals surface area contributed by atoms with Gasteiger partial charge in [0.1, 0.15) is 17.3 Å². The highest BCUT2D eigenvalue weighted by atomic mass is 35.5. The van der Waals surface area contributed by atoms with E-state index >= 15 is 0 Å². The van der Waals surface area contributed by atoms with E-state index in [0.29, 0.717) is 16.4 Å². The fourth-order valence-electron chi connectivity index (χ4n) is 4.50. The van der Waals surface area contributed by atoms with Crippen LogP contribution < -0.4 is 19.6 Å². The number of halogens is 4. The first-order chi connectivity index (χ1) is 20.4. The van der Waals surface area contributed by atoms with E-state index in [1.807, 2.05) is 0 Å². The molecular weight excluding hydrogens is 615 g/mol. The second kappa shape index (κ2) is 11.5. The number of alkyl halides is 3. The summed E-state index contributed by atoms with van der Waals surface area (Å²) < 4.78 is 59.4. The summed E-state index contributed by atoms with van der Waals surface area (Å²) in [6, 6.07) is 11.2. The van der Waals surface area contributed by atoms with Crippen LogP contribution in [0.3, 0.4) is 0 Å². The fourth-order valence-corrected chi connectivity index (χ4v) is 5.61. The summed E-state index contributed by atoms with van der Waals surface area (Å²) in [5.41, 5.74) is -3.05. The molecule has 1 aliphatic heterocycles. The number of esters is 1. The predicted molar refractivity (Wildman–Crippen MR) is 150 cm³/mol. The molecule has 5 rings (SSSR count). The van der Waals surface area contributed by atoms with Crippen LogP contribution in [0.2, 0.25) is 5.02 Å². The van der Waals surface area contributed by atoms with Gasteiger partial charge in [0, 0.05) is 11.1 Å². The Kier molecular flexibility index (Phi) is 7.99. The Balaban J connectivity index is 1.69. The normalized spacial score (nSPS) is 15.2. The molecular formula is C28H19ClF3N3O7S. The van der Waals surface area contributed by atoms with Gasteiger partial charge in [0.2, 0.25) is 0 Å². The van der Waals surface area contributed by atoms with Gasteiger partial charge in [0.25, 0.3) is 11.2 Å². The van der Waals surface area contributed by atoms with Gasteiger partial charge in [-0.2, -0.15) is 13.2 Å². The molecule has 0 fully saturated rings. The summed E-state index contributed by atoms with van der Waals surface area (Å²) in [5.74, 6) is -0.811. The zero-order valence-electron chi connectivity index (χ0n) is 22.2. The number of fused-ring (bicyclic) bond motifs is 1. The second-order valence-corrected chi connectivity index (χ2v) is 10.4. The number of furan rings is 1. The minimum atomic E-state index is -5.05. The Morgan fingerprint density at radius 3 is 2.56 bits per heavy atom. The molecule has 1 aliphatic rings. The topological polar surface area (TPSA) is 126 Å². The first kappa shape index (κ1) is 29.8. The summed E-state index contributed by atoms with van der Waals surface area (Å²) in [5, 5.41) is 11.9. The van der Waals surface area contributed by atoms with Crippen molar-refractivity contribution in [1.82, 2.24) is 4.57 Å². The van der Waals surface area contributed by atoms with Gasteiger partial charge in [-0.1, -0.05) is 35.1 Å².